The molecule has 0 aromatic carbocycles. The summed E-state index contributed by atoms with van der Waals surface area (Å²) in [7, 11) is 0. The summed E-state index contributed by atoms with van der Waals surface area (Å²) < 4.78 is 5.21. The molecule has 1 saturated carbocycles. The van der Waals surface area contributed by atoms with Crippen LogP contribution in [0.1, 0.15) is 52.9 Å². The molecule has 1 heterocycles. The van der Waals surface area contributed by atoms with Gasteiger partial charge in [-0.2, -0.15) is 0 Å². The number of rotatable bonds is 3. The second kappa shape index (κ2) is 6.05. The van der Waals surface area contributed by atoms with Gasteiger partial charge < -0.3 is 4.74 Å². The highest BCUT2D eigenvalue weighted by atomic mass is 16.5. The summed E-state index contributed by atoms with van der Waals surface area (Å²) >= 11 is 0. The Hall–Kier alpha value is -0.570. The molecule has 0 aromatic rings. The third-order valence-electron chi connectivity index (χ3n) is 4.89. The minimum atomic E-state index is 0.00118. The molecule has 0 amide bonds. The number of likely N-dealkylation sites (tertiary alicyclic amines) is 1. The van der Waals surface area contributed by atoms with Crippen molar-refractivity contribution in [2.24, 2.45) is 11.8 Å². The zero-order chi connectivity index (χ0) is 13.1. The predicted octanol–water partition coefficient (Wildman–Crippen LogP) is 2.84. The minimum absolute atomic E-state index is 0.00118. The molecule has 4 atom stereocenters. The maximum Gasteiger partial charge on any atom is 0.323 e. The molecule has 1 aliphatic carbocycles. The molecule has 2 aliphatic rings. The Morgan fingerprint density at radius 3 is 2.67 bits per heavy atom. The van der Waals surface area contributed by atoms with Crippen LogP contribution in [0.5, 0.6) is 0 Å². The van der Waals surface area contributed by atoms with E-state index in [1.807, 2.05) is 6.92 Å². The van der Waals surface area contributed by atoms with E-state index in [9.17, 15) is 4.79 Å². The SMILES string of the molecule is CCOC(=O)C1CCCN1C1CCC(C)C(C)C1. The topological polar surface area (TPSA) is 29.5 Å². The maximum absolute atomic E-state index is 12.0. The fourth-order valence-corrected chi connectivity index (χ4v) is 3.54. The molecule has 1 aliphatic heterocycles. The number of esters is 1. The van der Waals surface area contributed by atoms with Crippen LogP contribution in [-0.2, 0) is 9.53 Å². The molecule has 4 unspecified atom stereocenters. The van der Waals surface area contributed by atoms with Crippen molar-refractivity contribution < 1.29 is 9.53 Å². The molecular weight excluding hydrogens is 226 g/mol. The summed E-state index contributed by atoms with van der Waals surface area (Å²) in [6, 6.07) is 0.642. The van der Waals surface area contributed by atoms with Crippen molar-refractivity contribution in [3.63, 3.8) is 0 Å². The number of hydrogen-bond acceptors (Lipinski definition) is 3. The molecule has 3 nitrogen and oxygen atoms in total. The van der Waals surface area contributed by atoms with Crippen LogP contribution in [-0.4, -0.2) is 36.1 Å². The van der Waals surface area contributed by atoms with Gasteiger partial charge in [0.15, 0.2) is 0 Å². The van der Waals surface area contributed by atoms with E-state index in [4.69, 9.17) is 4.74 Å². The Morgan fingerprint density at radius 1 is 1.22 bits per heavy atom. The Balaban J connectivity index is 1.96. The predicted molar refractivity (Wildman–Crippen MR) is 72.3 cm³/mol. The van der Waals surface area contributed by atoms with Crippen LogP contribution in [0.3, 0.4) is 0 Å². The number of nitrogens with zero attached hydrogens (tertiary/aromatic N) is 1. The minimum Gasteiger partial charge on any atom is -0.465 e. The average molecular weight is 253 g/mol. The van der Waals surface area contributed by atoms with E-state index in [1.165, 1.54) is 19.3 Å². The largest absolute Gasteiger partial charge is 0.465 e. The van der Waals surface area contributed by atoms with Gasteiger partial charge in [-0.25, -0.2) is 0 Å². The second-order valence-electron chi connectivity index (χ2n) is 6.07. The van der Waals surface area contributed by atoms with Crippen LogP contribution in [0.4, 0.5) is 0 Å². The standard InChI is InChI=1S/C15H27NO2/c1-4-18-15(17)14-6-5-9-16(14)13-8-7-11(2)12(3)10-13/h11-14H,4-10H2,1-3H3. The van der Waals surface area contributed by atoms with Crippen molar-refractivity contribution in [2.75, 3.05) is 13.2 Å². The summed E-state index contributed by atoms with van der Waals surface area (Å²) in [4.78, 5) is 14.4. The zero-order valence-electron chi connectivity index (χ0n) is 12.0. The monoisotopic (exact) mass is 253 g/mol. The van der Waals surface area contributed by atoms with Gasteiger partial charge in [0, 0.05) is 6.04 Å². The Labute approximate surface area is 111 Å². The molecule has 0 N–H and O–H groups in total. The van der Waals surface area contributed by atoms with Gasteiger partial charge in [-0.05, 0) is 57.4 Å². The third-order valence-corrected chi connectivity index (χ3v) is 4.89. The van der Waals surface area contributed by atoms with E-state index in [2.05, 4.69) is 18.7 Å². The van der Waals surface area contributed by atoms with Crippen molar-refractivity contribution in [1.82, 2.24) is 4.90 Å². The van der Waals surface area contributed by atoms with Crippen LogP contribution in [0.2, 0.25) is 0 Å². The molecule has 0 bridgehead atoms. The second-order valence-corrected chi connectivity index (χ2v) is 6.07. The van der Waals surface area contributed by atoms with E-state index in [0.29, 0.717) is 12.6 Å². The van der Waals surface area contributed by atoms with Crippen molar-refractivity contribution in [1.29, 1.82) is 0 Å². The molecule has 104 valence electrons. The first kappa shape index (κ1) is 13.9. The highest BCUT2D eigenvalue weighted by Crippen LogP contribution is 2.35. The Kier molecular flexibility index (Phi) is 4.66. The number of carbonyl (C=O) groups is 1. The third kappa shape index (κ3) is 2.87. The average Bonchev–Trinajstić information content (AvgIpc) is 2.82. The van der Waals surface area contributed by atoms with Gasteiger partial charge in [0.05, 0.1) is 6.61 Å². The lowest BCUT2D eigenvalue weighted by Gasteiger charge is -2.39. The number of ether oxygens (including phenoxy) is 1. The Morgan fingerprint density at radius 2 is 2.00 bits per heavy atom. The normalized spacial score (nSPS) is 37.7. The fourth-order valence-electron chi connectivity index (χ4n) is 3.54. The lowest BCUT2D eigenvalue weighted by Crippen LogP contribution is -2.46. The van der Waals surface area contributed by atoms with Crippen LogP contribution in [0, 0.1) is 11.8 Å². The van der Waals surface area contributed by atoms with Gasteiger partial charge >= 0.3 is 5.97 Å². The number of carbonyl (C=O) groups excluding carboxylic acids is 1. The van der Waals surface area contributed by atoms with Crippen LogP contribution < -0.4 is 0 Å². The van der Waals surface area contributed by atoms with Gasteiger partial charge in [-0.15, -0.1) is 0 Å². The zero-order valence-corrected chi connectivity index (χ0v) is 12.0. The van der Waals surface area contributed by atoms with Crippen LogP contribution in [0.15, 0.2) is 0 Å². The molecule has 1 saturated heterocycles. The van der Waals surface area contributed by atoms with E-state index < -0.39 is 0 Å². The summed E-state index contributed by atoms with van der Waals surface area (Å²) in [5.41, 5.74) is 0. The highest BCUT2D eigenvalue weighted by molar-refractivity contribution is 5.76. The van der Waals surface area contributed by atoms with Crippen molar-refractivity contribution in [3.8, 4) is 0 Å². The number of hydrogen-bond donors (Lipinski definition) is 0. The molecule has 2 fully saturated rings. The highest BCUT2D eigenvalue weighted by Gasteiger charge is 2.38. The fraction of sp³-hybridized carbons (Fsp3) is 0.933. The van der Waals surface area contributed by atoms with Gasteiger partial charge in [0.1, 0.15) is 6.04 Å². The molecular formula is C15H27NO2. The lowest BCUT2D eigenvalue weighted by atomic mass is 9.78. The van der Waals surface area contributed by atoms with Crippen LogP contribution >= 0.6 is 0 Å². The summed E-state index contributed by atoms with van der Waals surface area (Å²) in [5.74, 6) is 1.62. The van der Waals surface area contributed by atoms with Gasteiger partial charge in [0.2, 0.25) is 0 Å². The first-order chi connectivity index (χ1) is 8.63. The first-order valence-electron chi connectivity index (χ1n) is 7.55. The van der Waals surface area contributed by atoms with Crippen LogP contribution in [0.25, 0.3) is 0 Å². The van der Waals surface area contributed by atoms with E-state index in [0.717, 1.165) is 31.2 Å². The van der Waals surface area contributed by atoms with E-state index in [-0.39, 0.29) is 12.0 Å². The molecule has 2 rings (SSSR count). The molecule has 0 spiro atoms. The van der Waals surface area contributed by atoms with Gasteiger partial charge in [-0.1, -0.05) is 13.8 Å². The quantitative estimate of drug-likeness (QED) is 0.724. The maximum atomic E-state index is 12.0. The summed E-state index contributed by atoms with van der Waals surface area (Å²) in [6.07, 6.45) is 5.93. The molecule has 0 aromatic heterocycles. The van der Waals surface area contributed by atoms with Crippen molar-refractivity contribution in [2.45, 2.75) is 65.0 Å². The molecule has 18 heavy (non-hydrogen) atoms. The summed E-state index contributed by atoms with van der Waals surface area (Å²) in [6.45, 7) is 8.18. The Bertz CT molecular complexity index is 292. The molecule has 0 radical (unpaired) electrons. The first-order valence-corrected chi connectivity index (χ1v) is 7.55. The smallest absolute Gasteiger partial charge is 0.323 e. The van der Waals surface area contributed by atoms with E-state index >= 15 is 0 Å². The van der Waals surface area contributed by atoms with Gasteiger partial charge in [0.25, 0.3) is 0 Å². The summed E-state index contributed by atoms with van der Waals surface area (Å²) in [5, 5.41) is 0. The van der Waals surface area contributed by atoms with E-state index in [1.54, 1.807) is 0 Å². The molecule has 3 heteroatoms. The van der Waals surface area contributed by atoms with Crippen molar-refractivity contribution in [3.05, 3.63) is 0 Å². The van der Waals surface area contributed by atoms with Crippen molar-refractivity contribution >= 4 is 5.97 Å². The lowest BCUT2D eigenvalue weighted by molar-refractivity contribution is -0.149. The van der Waals surface area contributed by atoms with Gasteiger partial charge in [-0.3, -0.25) is 9.69 Å².